The van der Waals surface area contributed by atoms with Crippen LogP contribution in [0.1, 0.15) is 0 Å². The summed E-state index contributed by atoms with van der Waals surface area (Å²) in [6, 6.07) is 5.66. The number of hydrogen-bond donors (Lipinski definition) is 2. The summed E-state index contributed by atoms with van der Waals surface area (Å²) < 4.78 is 13.7. The Balaban J connectivity index is 1.38. The predicted molar refractivity (Wildman–Crippen MR) is 108 cm³/mol. The number of anilines is 2. The molecule has 1 aliphatic rings. The Labute approximate surface area is 170 Å². The van der Waals surface area contributed by atoms with Gasteiger partial charge in [0.1, 0.15) is 5.82 Å². The van der Waals surface area contributed by atoms with Crippen LogP contribution in [0.2, 0.25) is 0 Å². The van der Waals surface area contributed by atoms with Gasteiger partial charge in [0.15, 0.2) is 4.34 Å². The van der Waals surface area contributed by atoms with Crippen LogP contribution in [0.25, 0.3) is 0 Å². The highest BCUT2D eigenvalue weighted by Gasteiger charge is 2.22. The summed E-state index contributed by atoms with van der Waals surface area (Å²) >= 11 is 2.80. The van der Waals surface area contributed by atoms with Crippen molar-refractivity contribution in [1.82, 2.24) is 20.0 Å². The number of carbonyl (C=O) groups is 2. The summed E-state index contributed by atoms with van der Waals surface area (Å²) in [4.78, 5) is 28.3. The van der Waals surface area contributed by atoms with Gasteiger partial charge >= 0.3 is 0 Å². The van der Waals surface area contributed by atoms with Crippen molar-refractivity contribution in [3.63, 3.8) is 0 Å². The van der Waals surface area contributed by atoms with Crippen molar-refractivity contribution in [2.75, 3.05) is 56.2 Å². The summed E-state index contributed by atoms with van der Waals surface area (Å²) in [5.41, 5.74) is 0.565. The number of nitrogens with one attached hydrogen (secondary N) is 2. The first-order valence-corrected chi connectivity index (χ1v) is 10.5. The van der Waals surface area contributed by atoms with Crippen LogP contribution < -0.4 is 10.6 Å². The Kier molecular flexibility index (Phi) is 7.18. The molecular weight excluding hydrogens is 403 g/mol. The maximum atomic E-state index is 12.9. The first-order chi connectivity index (χ1) is 13.5. The molecule has 3 rings (SSSR count). The van der Waals surface area contributed by atoms with Gasteiger partial charge in [-0.15, -0.1) is 10.2 Å². The van der Waals surface area contributed by atoms with Crippen LogP contribution in [0, 0.1) is 5.82 Å². The number of hydrogen-bond acceptors (Lipinski definition) is 8. The van der Waals surface area contributed by atoms with Crippen molar-refractivity contribution >= 4 is 45.7 Å². The van der Waals surface area contributed by atoms with E-state index in [0.717, 1.165) is 9.47 Å². The molecule has 0 atom stereocenters. The highest BCUT2D eigenvalue weighted by atomic mass is 32.2. The second-order valence-corrected chi connectivity index (χ2v) is 8.32. The summed E-state index contributed by atoms with van der Waals surface area (Å²) in [6.45, 7) is 2.68. The van der Waals surface area contributed by atoms with Gasteiger partial charge in [-0.1, -0.05) is 23.1 Å². The number of amides is 2. The van der Waals surface area contributed by atoms with Gasteiger partial charge in [0.05, 0.1) is 12.3 Å². The third kappa shape index (κ3) is 5.88. The lowest BCUT2D eigenvalue weighted by Gasteiger charge is -2.34. The van der Waals surface area contributed by atoms with Gasteiger partial charge in [-0.05, 0) is 24.3 Å². The van der Waals surface area contributed by atoms with Gasteiger partial charge in [0, 0.05) is 38.9 Å². The van der Waals surface area contributed by atoms with Crippen molar-refractivity contribution in [2.45, 2.75) is 4.34 Å². The molecule has 2 N–H and O–H groups in total. The van der Waals surface area contributed by atoms with Crippen molar-refractivity contribution in [3.05, 3.63) is 30.1 Å². The number of aromatic nitrogens is 2. The molecule has 11 heteroatoms. The number of thioether (sulfide) groups is 1. The topological polar surface area (TPSA) is 90.5 Å². The molecule has 2 heterocycles. The van der Waals surface area contributed by atoms with E-state index < -0.39 is 0 Å². The van der Waals surface area contributed by atoms with E-state index in [1.807, 2.05) is 4.90 Å². The zero-order chi connectivity index (χ0) is 19.9. The average molecular weight is 425 g/mol. The molecular formula is C17H21FN6O2S2. The second kappa shape index (κ2) is 9.80. The van der Waals surface area contributed by atoms with Crippen molar-refractivity contribution in [3.8, 4) is 0 Å². The fraction of sp³-hybridized carbons (Fsp3) is 0.412. The predicted octanol–water partition coefficient (Wildman–Crippen LogP) is 1.59. The van der Waals surface area contributed by atoms with E-state index in [4.69, 9.17) is 0 Å². The second-order valence-electron chi connectivity index (χ2n) is 6.12. The molecule has 0 bridgehead atoms. The van der Waals surface area contributed by atoms with Crippen molar-refractivity contribution in [2.24, 2.45) is 0 Å². The molecule has 2 aromatic rings. The van der Waals surface area contributed by atoms with E-state index in [1.54, 1.807) is 11.9 Å². The lowest BCUT2D eigenvalue weighted by molar-refractivity contribution is -0.130. The zero-order valence-electron chi connectivity index (χ0n) is 15.4. The Hall–Kier alpha value is -2.24. The lowest BCUT2D eigenvalue weighted by atomic mass is 10.3. The fourth-order valence-corrected chi connectivity index (χ4v) is 4.28. The average Bonchev–Trinajstić information content (AvgIpc) is 3.16. The molecule has 1 saturated heterocycles. The van der Waals surface area contributed by atoms with Crippen LogP contribution in [0.4, 0.5) is 15.2 Å². The summed E-state index contributed by atoms with van der Waals surface area (Å²) in [6.07, 6.45) is 0. The minimum Gasteiger partial charge on any atom is -0.363 e. The van der Waals surface area contributed by atoms with E-state index >= 15 is 0 Å². The van der Waals surface area contributed by atoms with E-state index in [2.05, 4.69) is 20.8 Å². The number of piperazine rings is 1. The molecule has 1 aliphatic heterocycles. The number of halogens is 1. The standard InChI is InChI=1S/C17H21FN6O2S2/c1-19-16-21-22-17(28-16)27-11-15(26)24-8-6-23(7-9-24)10-14(25)20-13-4-2-12(18)3-5-13/h2-5H,6-11H2,1H3,(H,19,21)(H,20,25). The third-order valence-electron chi connectivity index (χ3n) is 4.16. The molecule has 0 unspecified atom stereocenters. The van der Waals surface area contributed by atoms with Gasteiger partial charge in [0.25, 0.3) is 0 Å². The van der Waals surface area contributed by atoms with Gasteiger partial charge in [-0.2, -0.15) is 0 Å². The summed E-state index contributed by atoms with van der Waals surface area (Å²) in [7, 11) is 1.78. The molecule has 0 saturated carbocycles. The lowest BCUT2D eigenvalue weighted by Crippen LogP contribution is -2.50. The van der Waals surface area contributed by atoms with Crippen LogP contribution in [0.5, 0.6) is 0 Å². The highest BCUT2D eigenvalue weighted by molar-refractivity contribution is 8.01. The normalized spacial score (nSPS) is 14.7. The molecule has 150 valence electrons. The number of rotatable bonds is 7. The Morgan fingerprint density at radius 2 is 1.89 bits per heavy atom. The molecule has 0 radical (unpaired) electrons. The molecule has 0 aliphatic carbocycles. The molecule has 28 heavy (non-hydrogen) atoms. The summed E-state index contributed by atoms with van der Waals surface area (Å²) in [5.74, 6) is -0.116. The van der Waals surface area contributed by atoms with Gasteiger partial charge in [-0.3, -0.25) is 14.5 Å². The van der Waals surface area contributed by atoms with Crippen LogP contribution in [0.15, 0.2) is 28.6 Å². The number of benzene rings is 1. The van der Waals surface area contributed by atoms with E-state index in [-0.39, 0.29) is 24.2 Å². The monoisotopic (exact) mass is 424 g/mol. The van der Waals surface area contributed by atoms with Crippen molar-refractivity contribution in [1.29, 1.82) is 0 Å². The fourth-order valence-electron chi connectivity index (χ4n) is 2.68. The SMILES string of the molecule is CNc1nnc(SCC(=O)N2CCN(CC(=O)Nc3ccc(F)cc3)CC2)s1. The quantitative estimate of drug-likeness (QED) is 0.653. The zero-order valence-corrected chi connectivity index (χ0v) is 17.0. The summed E-state index contributed by atoms with van der Waals surface area (Å²) in [5, 5.41) is 14.3. The molecule has 1 aromatic heterocycles. The van der Waals surface area contributed by atoms with Crippen molar-refractivity contribution < 1.29 is 14.0 Å². The minimum absolute atomic E-state index is 0.0571. The highest BCUT2D eigenvalue weighted by Crippen LogP contribution is 2.25. The van der Waals surface area contributed by atoms with Gasteiger partial charge < -0.3 is 15.5 Å². The van der Waals surface area contributed by atoms with Crippen LogP contribution >= 0.6 is 23.1 Å². The smallest absolute Gasteiger partial charge is 0.238 e. The maximum absolute atomic E-state index is 12.9. The molecule has 0 spiro atoms. The van der Waals surface area contributed by atoms with Crippen LogP contribution in [0.3, 0.4) is 0 Å². The van der Waals surface area contributed by atoms with E-state index in [1.165, 1.54) is 47.4 Å². The third-order valence-corrected chi connectivity index (χ3v) is 6.22. The molecule has 1 aromatic carbocycles. The Morgan fingerprint density at radius 3 is 2.54 bits per heavy atom. The van der Waals surface area contributed by atoms with E-state index in [0.29, 0.717) is 37.6 Å². The van der Waals surface area contributed by atoms with Crippen LogP contribution in [-0.2, 0) is 9.59 Å². The first-order valence-electron chi connectivity index (χ1n) is 8.73. The van der Waals surface area contributed by atoms with E-state index in [9.17, 15) is 14.0 Å². The first kappa shape index (κ1) is 20.5. The van der Waals surface area contributed by atoms with Gasteiger partial charge in [-0.25, -0.2) is 4.39 Å². The largest absolute Gasteiger partial charge is 0.363 e. The molecule has 8 nitrogen and oxygen atoms in total. The minimum atomic E-state index is -0.342. The molecule has 1 fully saturated rings. The maximum Gasteiger partial charge on any atom is 0.238 e. The number of nitrogens with zero attached hydrogens (tertiary/aromatic N) is 4. The molecule has 2 amide bonds. The Morgan fingerprint density at radius 1 is 1.18 bits per heavy atom. The van der Waals surface area contributed by atoms with Gasteiger partial charge in [0.2, 0.25) is 16.9 Å². The number of carbonyl (C=O) groups excluding carboxylic acids is 2. The Bertz CT molecular complexity index is 808. The van der Waals surface area contributed by atoms with Crippen LogP contribution in [-0.4, -0.2) is 77.3 Å².